The minimum absolute atomic E-state index is 0.0502. The summed E-state index contributed by atoms with van der Waals surface area (Å²) in [7, 11) is 0. The minimum atomic E-state index is 0.0502. The Morgan fingerprint density at radius 2 is 1.94 bits per heavy atom. The number of nitrogens with zero attached hydrogens (tertiary/aromatic N) is 1. The predicted molar refractivity (Wildman–Crippen MR) is 62.0 cm³/mol. The van der Waals surface area contributed by atoms with Gasteiger partial charge in [0.25, 0.3) is 0 Å². The zero-order chi connectivity index (χ0) is 12.0. The molecule has 16 heavy (non-hydrogen) atoms. The molecular weight excluding hydrogens is 206 g/mol. The third-order valence-electron chi connectivity index (χ3n) is 2.59. The first-order valence-electron chi connectivity index (χ1n) is 5.97. The highest BCUT2D eigenvalue weighted by Crippen LogP contribution is 2.17. The lowest BCUT2D eigenvalue weighted by Gasteiger charge is -2.04. The maximum atomic E-state index is 11.4. The summed E-state index contributed by atoms with van der Waals surface area (Å²) in [6, 6.07) is 0.0502. The predicted octanol–water partition coefficient (Wildman–Crippen LogP) is -0.277. The number of amides is 2. The smallest absolute Gasteiger partial charge is 0.238 e. The number of carbonyl (C=O) groups is 2. The molecule has 0 radical (unpaired) electrons. The lowest BCUT2D eigenvalue weighted by molar-refractivity contribution is -0.121. The van der Waals surface area contributed by atoms with E-state index >= 15 is 0 Å². The average molecular weight is 227 g/mol. The molecule has 1 unspecified atom stereocenters. The van der Waals surface area contributed by atoms with Crippen molar-refractivity contribution in [2.45, 2.75) is 32.7 Å². The van der Waals surface area contributed by atoms with Crippen molar-refractivity contribution in [3.63, 3.8) is 0 Å². The number of carbonyl (C=O) groups excluding carboxylic acids is 2. The number of rotatable bonds is 7. The molecule has 1 rings (SSSR count). The Bertz CT molecular complexity index is 256. The maximum Gasteiger partial charge on any atom is 0.238 e. The van der Waals surface area contributed by atoms with Gasteiger partial charge in [0, 0.05) is 26.1 Å². The van der Waals surface area contributed by atoms with Gasteiger partial charge in [-0.3, -0.25) is 14.5 Å². The van der Waals surface area contributed by atoms with E-state index in [1.807, 2.05) is 13.8 Å². The van der Waals surface area contributed by atoms with Crippen molar-refractivity contribution in [3.8, 4) is 0 Å². The fourth-order valence-corrected chi connectivity index (χ4v) is 1.69. The lowest BCUT2D eigenvalue weighted by Crippen LogP contribution is -2.30. The number of likely N-dealkylation sites (N-methyl/N-ethyl adjacent to an activating group) is 1. The summed E-state index contributed by atoms with van der Waals surface area (Å²) in [4.78, 5) is 24.6. The van der Waals surface area contributed by atoms with Crippen molar-refractivity contribution in [1.29, 1.82) is 0 Å². The Kier molecular flexibility index (Phi) is 5.25. The quantitative estimate of drug-likeness (QED) is 0.588. The Labute approximate surface area is 96.6 Å². The van der Waals surface area contributed by atoms with Crippen LogP contribution >= 0.6 is 0 Å². The first-order chi connectivity index (χ1) is 7.69. The Morgan fingerprint density at radius 3 is 2.56 bits per heavy atom. The van der Waals surface area contributed by atoms with Crippen molar-refractivity contribution < 1.29 is 9.59 Å². The Hall–Kier alpha value is -1.10. The molecule has 0 spiro atoms. The second-order valence-electron chi connectivity index (χ2n) is 3.96. The molecular formula is C11H21N3O2. The van der Waals surface area contributed by atoms with Crippen LogP contribution in [-0.4, -0.2) is 48.9 Å². The van der Waals surface area contributed by atoms with Gasteiger partial charge < -0.3 is 10.6 Å². The summed E-state index contributed by atoms with van der Waals surface area (Å²) in [6.07, 6.45) is 1.37. The van der Waals surface area contributed by atoms with Crippen LogP contribution in [0.3, 0.4) is 0 Å². The Morgan fingerprint density at radius 1 is 1.25 bits per heavy atom. The average Bonchev–Trinajstić information content (AvgIpc) is 2.98. The largest absolute Gasteiger partial charge is 0.356 e. The van der Waals surface area contributed by atoms with Gasteiger partial charge in [-0.25, -0.2) is 0 Å². The van der Waals surface area contributed by atoms with Crippen molar-refractivity contribution in [1.82, 2.24) is 15.5 Å². The van der Waals surface area contributed by atoms with E-state index in [4.69, 9.17) is 0 Å². The molecule has 2 atom stereocenters. The van der Waals surface area contributed by atoms with E-state index in [0.717, 1.165) is 19.5 Å². The molecule has 1 aliphatic heterocycles. The van der Waals surface area contributed by atoms with Gasteiger partial charge in [0.05, 0.1) is 0 Å². The molecule has 0 aromatic rings. The molecule has 0 aromatic carbocycles. The van der Waals surface area contributed by atoms with Gasteiger partial charge in [0.15, 0.2) is 0 Å². The molecule has 1 aliphatic rings. The standard InChI is InChI=1S/C11H21N3O2/c1-3-12-10(15)6-5-7-14-8-9(14)11(16)13-4-2/h9H,3-8H2,1-2H3,(H,12,15)(H,13,16)/t9-,14?/m0/s1. The summed E-state index contributed by atoms with van der Waals surface area (Å²) >= 11 is 0. The van der Waals surface area contributed by atoms with E-state index in [2.05, 4.69) is 15.5 Å². The highest BCUT2D eigenvalue weighted by atomic mass is 16.2. The molecule has 92 valence electrons. The summed E-state index contributed by atoms with van der Waals surface area (Å²) in [5.41, 5.74) is 0. The van der Waals surface area contributed by atoms with Crippen molar-refractivity contribution >= 4 is 11.8 Å². The van der Waals surface area contributed by atoms with E-state index in [0.29, 0.717) is 19.5 Å². The molecule has 0 bridgehead atoms. The second-order valence-corrected chi connectivity index (χ2v) is 3.96. The summed E-state index contributed by atoms with van der Waals surface area (Å²) in [5, 5.41) is 5.55. The zero-order valence-electron chi connectivity index (χ0n) is 10.1. The normalized spacial score (nSPS) is 22.6. The highest BCUT2D eigenvalue weighted by molar-refractivity contribution is 5.84. The molecule has 0 aliphatic carbocycles. The third kappa shape index (κ3) is 4.18. The molecule has 1 fully saturated rings. The molecule has 0 saturated carbocycles. The molecule has 5 heteroatoms. The molecule has 2 N–H and O–H groups in total. The van der Waals surface area contributed by atoms with Gasteiger partial charge in [-0.05, 0) is 26.8 Å². The summed E-state index contributed by atoms with van der Waals surface area (Å²) in [5.74, 6) is 0.208. The van der Waals surface area contributed by atoms with Crippen molar-refractivity contribution in [2.24, 2.45) is 0 Å². The van der Waals surface area contributed by atoms with Crippen molar-refractivity contribution in [2.75, 3.05) is 26.2 Å². The molecule has 5 nitrogen and oxygen atoms in total. The summed E-state index contributed by atoms with van der Waals surface area (Å²) < 4.78 is 0. The van der Waals surface area contributed by atoms with Gasteiger partial charge in [-0.2, -0.15) is 0 Å². The summed E-state index contributed by atoms with van der Waals surface area (Å²) in [6.45, 7) is 6.86. The second kappa shape index (κ2) is 6.48. The number of hydrogen-bond donors (Lipinski definition) is 2. The van der Waals surface area contributed by atoms with Crippen LogP contribution in [0.4, 0.5) is 0 Å². The molecule has 1 heterocycles. The first kappa shape index (κ1) is 13.0. The third-order valence-corrected chi connectivity index (χ3v) is 2.59. The number of nitrogens with one attached hydrogen (secondary N) is 2. The molecule has 0 aromatic heterocycles. The van der Waals surface area contributed by atoms with Crippen LogP contribution in [0.2, 0.25) is 0 Å². The topological polar surface area (TPSA) is 61.2 Å². The SMILES string of the molecule is CCNC(=O)CCCN1C[C@H]1C(=O)NCC. The fourth-order valence-electron chi connectivity index (χ4n) is 1.69. The van der Waals surface area contributed by atoms with Crippen LogP contribution in [0.15, 0.2) is 0 Å². The van der Waals surface area contributed by atoms with E-state index in [1.165, 1.54) is 0 Å². The van der Waals surface area contributed by atoms with E-state index in [1.54, 1.807) is 0 Å². The van der Waals surface area contributed by atoms with Gasteiger partial charge in [0.1, 0.15) is 6.04 Å². The van der Waals surface area contributed by atoms with Gasteiger partial charge in [-0.1, -0.05) is 0 Å². The minimum Gasteiger partial charge on any atom is -0.356 e. The maximum absolute atomic E-state index is 11.4. The van der Waals surface area contributed by atoms with Crippen LogP contribution in [0.25, 0.3) is 0 Å². The van der Waals surface area contributed by atoms with Crippen molar-refractivity contribution in [3.05, 3.63) is 0 Å². The highest BCUT2D eigenvalue weighted by Gasteiger charge is 2.39. The van der Waals surface area contributed by atoms with E-state index in [9.17, 15) is 9.59 Å². The van der Waals surface area contributed by atoms with Gasteiger partial charge >= 0.3 is 0 Å². The Balaban J connectivity index is 2.04. The zero-order valence-corrected chi connectivity index (χ0v) is 10.1. The van der Waals surface area contributed by atoms with Gasteiger partial charge in [-0.15, -0.1) is 0 Å². The molecule has 2 amide bonds. The lowest BCUT2D eigenvalue weighted by atomic mass is 10.3. The van der Waals surface area contributed by atoms with Crippen LogP contribution in [0.5, 0.6) is 0 Å². The van der Waals surface area contributed by atoms with E-state index in [-0.39, 0.29) is 17.9 Å². The number of hydrogen-bond acceptors (Lipinski definition) is 3. The van der Waals surface area contributed by atoms with E-state index < -0.39 is 0 Å². The monoisotopic (exact) mass is 227 g/mol. The fraction of sp³-hybridized carbons (Fsp3) is 0.818. The molecule has 1 saturated heterocycles. The first-order valence-corrected chi connectivity index (χ1v) is 5.97. The van der Waals surface area contributed by atoms with Crippen LogP contribution < -0.4 is 10.6 Å². The van der Waals surface area contributed by atoms with Crippen LogP contribution in [0, 0.1) is 0 Å². The van der Waals surface area contributed by atoms with Gasteiger partial charge in [0.2, 0.25) is 11.8 Å². The van der Waals surface area contributed by atoms with Crippen LogP contribution in [-0.2, 0) is 9.59 Å². The van der Waals surface area contributed by atoms with Crippen LogP contribution in [0.1, 0.15) is 26.7 Å².